The number of aromatic amines is 1. The van der Waals surface area contributed by atoms with E-state index < -0.39 is 5.97 Å². The Hall–Kier alpha value is -3.94. The summed E-state index contributed by atoms with van der Waals surface area (Å²) in [7, 11) is 1.58. The molecular weight excluding hydrogens is 360 g/mol. The summed E-state index contributed by atoms with van der Waals surface area (Å²) in [5, 5.41) is 10.7. The Morgan fingerprint density at radius 1 is 1.11 bits per heavy atom. The van der Waals surface area contributed by atoms with Crippen molar-refractivity contribution in [2.24, 2.45) is 0 Å². The van der Waals surface area contributed by atoms with Crippen LogP contribution < -0.4 is 4.74 Å². The number of hydrogen-bond donors (Lipinski definition) is 1. The van der Waals surface area contributed by atoms with Crippen molar-refractivity contribution in [2.45, 2.75) is 6.61 Å². The Kier molecular flexibility index (Phi) is 4.83. The second kappa shape index (κ2) is 7.75. The number of nitrogens with zero attached hydrogens (tertiary/aromatic N) is 3. The summed E-state index contributed by atoms with van der Waals surface area (Å²) in [5.41, 5.74) is 2.50. The third-order valence-corrected chi connectivity index (χ3v) is 4.04. The van der Waals surface area contributed by atoms with Gasteiger partial charge in [-0.1, -0.05) is 47.6 Å². The van der Waals surface area contributed by atoms with Crippen LogP contribution in [-0.4, -0.2) is 33.4 Å². The van der Waals surface area contributed by atoms with E-state index in [1.807, 2.05) is 48.5 Å². The number of ether oxygens (including phenoxy) is 2. The molecule has 0 atom stereocenters. The largest absolute Gasteiger partial charge is 0.497 e. The van der Waals surface area contributed by atoms with Gasteiger partial charge < -0.3 is 14.0 Å². The Morgan fingerprint density at radius 3 is 2.75 bits per heavy atom. The first kappa shape index (κ1) is 17.5. The normalized spacial score (nSPS) is 10.6. The molecule has 0 fully saturated rings. The molecule has 0 radical (unpaired) electrons. The fourth-order valence-electron chi connectivity index (χ4n) is 2.66. The zero-order valence-corrected chi connectivity index (χ0v) is 15.0. The quantitative estimate of drug-likeness (QED) is 0.514. The molecule has 0 saturated heterocycles. The average Bonchev–Trinajstić information content (AvgIpc) is 3.42. The van der Waals surface area contributed by atoms with E-state index in [9.17, 15) is 4.79 Å². The molecule has 8 nitrogen and oxygen atoms in total. The molecule has 0 unspecified atom stereocenters. The van der Waals surface area contributed by atoms with E-state index in [-0.39, 0.29) is 12.5 Å². The SMILES string of the molecule is COc1cccc(-c2noc(COC(=O)c3cn[nH]c3-c3ccccc3)n2)c1. The Labute approximate surface area is 160 Å². The third kappa shape index (κ3) is 3.61. The van der Waals surface area contributed by atoms with Crippen molar-refractivity contribution in [3.05, 3.63) is 72.2 Å². The number of nitrogens with one attached hydrogen (secondary N) is 1. The van der Waals surface area contributed by atoms with Crippen LogP contribution in [0, 0.1) is 0 Å². The van der Waals surface area contributed by atoms with Gasteiger partial charge in [-0.2, -0.15) is 10.1 Å². The fourth-order valence-corrected chi connectivity index (χ4v) is 2.66. The molecule has 0 spiro atoms. The number of H-pyrrole nitrogens is 1. The molecule has 28 heavy (non-hydrogen) atoms. The molecule has 0 amide bonds. The van der Waals surface area contributed by atoms with Crippen LogP contribution in [0.15, 0.2) is 65.3 Å². The molecular formula is C20H16N4O4. The van der Waals surface area contributed by atoms with Crippen molar-refractivity contribution >= 4 is 5.97 Å². The van der Waals surface area contributed by atoms with Crippen LogP contribution in [0.25, 0.3) is 22.6 Å². The van der Waals surface area contributed by atoms with E-state index in [1.54, 1.807) is 13.2 Å². The number of carbonyl (C=O) groups excluding carboxylic acids is 1. The molecule has 140 valence electrons. The maximum Gasteiger partial charge on any atom is 0.342 e. The van der Waals surface area contributed by atoms with Gasteiger partial charge >= 0.3 is 5.97 Å². The van der Waals surface area contributed by atoms with Gasteiger partial charge in [-0.25, -0.2) is 4.79 Å². The van der Waals surface area contributed by atoms with E-state index in [0.29, 0.717) is 22.8 Å². The molecule has 4 aromatic rings. The third-order valence-electron chi connectivity index (χ3n) is 4.04. The van der Waals surface area contributed by atoms with Crippen LogP contribution in [0.4, 0.5) is 0 Å². The molecule has 1 N–H and O–H groups in total. The first-order valence-corrected chi connectivity index (χ1v) is 8.47. The first-order valence-electron chi connectivity index (χ1n) is 8.47. The number of aromatic nitrogens is 4. The molecule has 4 rings (SSSR count). The van der Waals surface area contributed by atoms with Gasteiger partial charge in [-0.3, -0.25) is 5.10 Å². The molecule has 2 aromatic carbocycles. The highest BCUT2D eigenvalue weighted by Crippen LogP contribution is 2.23. The molecule has 0 aliphatic carbocycles. The summed E-state index contributed by atoms with van der Waals surface area (Å²) in [6.07, 6.45) is 1.43. The molecule has 2 aromatic heterocycles. The topological polar surface area (TPSA) is 103 Å². The van der Waals surface area contributed by atoms with E-state index in [4.69, 9.17) is 14.0 Å². The number of rotatable bonds is 6. The summed E-state index contributed by atoms with van der Waals surface area (Å²) in [4.78, 5) is 16.7. The van der Waals surface area contributed by atoms with Gasteiger partial charge in [-0.05, 0) is 12.1 Å². The van der Waals surface area contributed by atoms with Crippen LogP contribution in [0.2, 0.25) is 0 Å². The summed E-state index contributed by atoms with van der Waals surface area (Å²) >= 11 is 0. The molecule has 0 bridgehead atoms. The predicted molar refractivity (Wildman–Crippen MR) is 99.4 cm³/mol. The smallest absolute Gasteiger partial charge is 0.342 e. The maximum atomic E-state index is 12.4. The zero-order chi connectivity index (χ0) is 19.3. The van der Waals surface area contributed by atoms with Crippen molar-refractivity contribution in [3.8, 4) is 28.4 Å². The van der Waals surface area contributed by atoms with Crippen molar-refractivity contribution in [2.75, 3.05) is 7.11 Å². The Bertz CT molecular complexity index is 1090. The number of hydrogen-bond acceptors (Lipinski definition) is 7. The molecule has 0 aliphatic rings. The highest BCUT2D eigenvalue weighted by Gasteiger charge is 2.18. The summed E-state index contributed by atoms with van der Waals surface area (Å²) < 4.78 is 15.7. The predicted octanol–water partition coefficient (Wildman–Crippen LogP) is 3.49. The monoisotopic (exact) mass is 376 g/mol. The second-order valence-electron chi connectivity index (χ2n) is 5.84. The van der Waals surface area contributed by atoms with Crippen LogP contribution in [0.1, 0.15) is 16.2 Å². The lowest BCUT2D eigenvalue weighted by molar-refractivity contribution is 0.0431. The summed E-state index contributed by atoms with van der Waals surface area (Å²) in [6, 6.07) is 16.7. The van der Waals surface area contributed by atoms with Crippen molar-refractivity contribution < 1.29 is 18.8 Å². The van der Waals surface area contributed by atoms with Gasteiger partial charge in [0.25, 0.3) is 5.89 Å². The van der Waals surface area contributed by atoms with Crippen molar-refractivity contribution in [1.82, 2.24) is 20.3 Å². The summed E-state index contributed by atoms with van der Waals surface area (Å²) in [6.45, 7) is -0.144. The van der Waals surface area contributed by atoms with Gasteiger partial charge in [0, 0.05) is 11.1 Å². The lowest BCUT2D eigenvalue weighted by Crippen LogP contribution is -2.06. The van der Waals surface area contributed by atoms with E-state index in [1.165, 1.54) is 6.20 Å². The standard InChI is InChI=1S/C20H16N4O4/c1-26-15-9-5-8-14(10-15)19-22-17(28-24-19)12-27-20(25)16-11-21-23-18(16)13-6-3-2-4-7-13/h2-11H,12H2,1H3,(H,21,23). The number of benzene rings is 2. The van der Waals surface area contributed by atoms with Gasteiger partial charge in [-0.15, -0.1) is 0 Å². The second-order valence-corrected chi connectivity index (χ2v) is 5.84. The maximum absolute atomic E-state index is 12.4. The Balaban J connectivity index is 1.45. The lowest BCUT2D eigenvalue weighted by Gasteiger charge is -2.03. The summed E-state index contributed by atoms with van der Waals surface area (Å²) in [5.74, 6) is 0.728. The highest BCUT2D eigenvalue weighted by molar-refractivity contribution is 5.95. The van der Waals surface area contributed by atoms with Gasteiger partial charge in [0.05, 0.1) is 19.0 Å². The van der Waals surface area contributed by atoms with Crippen molar-refractivity contribution in [1.29, 1.82) is 0 Å². The molecule has 0 saturated carbocycles. The number of esters is 1. The van der Waals surface area contributed by atoms with E-state index >= 15 is 0 Å². The molecule has 0 aliphatic heterocycles. The average molecular weight is 376 g/mol. The number of carbonyl (C=O) groups is 1. The minimum atomic E-state index is -0.534. The van der Waals surface area contributed by atoms with Gasteiger partial charge in [0.15, 0.2) is 6.61 Å². The zero-order valence-electron chi connectivity index (χ0n) is 15.0. The number of methoxy groups -OCH3 is 1. The molecule has 8 heteroatoms. The lowest BCUT2D eigenvalue weighted by atomic mass is 10.1. The molecule has 2 heterocycles. The van der Waals surface area contributed by atoms with Crippen LogP contribution >= 0.6 is 0 Å². The van der Waals surface area contributed by atoms with Gasteiger partial charge in [0.2, 0.25) is 5.82 Å². The van der Waals surface area contributed by atoms with Crippen LogP contribution in [-0.2, 0) is 11.3 Å². The van der Waals surface area contributed by atoms with Crippen molar-refractivity contribution in [3.63, 3.8) is 0 Å². The first-order chi connectivity index (χ1) is 13.7. The van der Waals surface area contributed by atoms with E-state index in [2.05, 4.69) is 20.3 Å². The Morgan fingerprint density at radius 2 is 1.93 bits per heavy atom. The van der Waals surface area contributed by atoms with Crippen LogP contribution in [0.3, 0.4) is 0 Å². The highest BCUT2D eigenvalue weighted by atomic mass is 16.6. The van der Waals surface area contributed by atoms with Crippen LogP contribution in [0.5, 0.6) is 5.75 Å². The van der Waals surface area contributed by atoms with E-state index in [0.717, 1.165) is 11.1 Å². The van der Waals surface area contributed by atoms with Gasteiger partial charge in [0.1, 0.15) is 11.3 Å². The minimum Gasteiger partial charge on any atom is -0.497 e. The minimum absolute atomic E-state index is 0.144. The fraction of sp³-hybridized carbons (Fsp3) is 0.100.